The molecule has 0 aromatic rings. The standard InChI is InChI=1S/C22H34O3/c1-8-21(6,25-16(3)23)13-11-17-15(2)9-10-18-20(4,5)19(24)12-14-22(17,18)7/h8,17-18H,1-2,9-14H2,3-7H3/t17-,18-,21-,22+/m0/s1. The van der Waals surface area contributed by atoms with Crippen molar-refractivity contribution in [3.63, 3.8) is 0 Å². The van der Waals surface area contributed by atoms with E-state index in [-0.39, 0.29) is 16.8 Å². The number of carbonyl (C=O) groups excluding carboxylic acids is 2. The molecule has 2 aliphatic rings. The zero-order valence-electron chi connectivity index (χ0n) is 16.6. The summed E-state index contributed by atoms with van der Waals surface area (Å²) in [4.78, 5) is 23.9. The molecule has 0 saturated heterocycles. The van der Waals surface area contributed by atoms with E-state index in [1.54, 1.807) is 6.08 Å². The lowest BCUT2D eigenvalue weighted by molar-refractivity contribution is -0.153. The number of hydrogen-bond acceptors (Lipinski definition) is 3. The Labute approximate surface area is 152 Å². The van der Waals surface area contributed by atoms with Gasteiger partial charge in [0, 0.05) is 18.8 Å². The number of Topliss-reactive ketones (excluding diaryl/α,β-unsaturated/α-hetero) is 1. The molecular weight excluding hydrogens is 312 g/mol. The molecule has 2 rings (SSSR count). The molecule has 3 nitrogen and oxygen atoms in total. The molecule has 0 radical (unpaired) electrons. The van der Waals surface area contributed by atoms with Crippen LogP contribution in [0.3, 0.4) is 0 Å². The van der Waals surface area contributed by atoms with Crippen LogP contribution < -0.4 is 0 Å². The van der Waals surface area contributed by atoms with Crippen LogP contribution in [0.15, 0.2) is 24.8 Å². The lowest BCUT2D eigenvalue weighted by Crippen LogP contribution is -2.53. The molecule has 0 heterocycles. The van der Waals surface area contributed by atoms with Gasteiger partial charge in [0.25, 0.3) is 0 Å². The van der Waals surface area contributed by atoms with Crippen LogP contribution in [0.1, 0.15) is 73.1 Å². The van der Waals surface area contributed by atoms with Gasteiger partial charge in [-0.25, -0.2) is 0 Å². The molecule has 2 saturated carbocycles. The third-order valence-corrected chi connectivity index (χ3v) is 7.06. The van der Waals surface area contributed by atoms with Crippen LogP contribution in [0.2, 0.25) is 0 Å². The minimum absolute atomic E-state index is 0.0883. The Kier molecular flexibility index (Phi) is 5.37. The number of ether oxygens (including phenoxy) is 1. The summed E-state index contributed by atoms with van der Waals surface area (Å²) in [5.74, 6) is 0.865. The van der Waals surface area contributed by atoms with Gasteiger partial charge in [-0.05, 0) is 62.4 Å². The molecule has 25 heavy (non-hydrogen) atoms. The van der Waals surface area contributed by atoms with Crippen molar-refractivity contribution in [2.24, 2.45) is 22.7 Å². The summed E-state index contributed by atoms with van der Waals surface area (Å²) in [5.41, 5.74) is 0.475. The Morgan fingerprint density at radius 1 is 1.36 bits per heavy atom. The number of allylic oxidation sites excluding steroid dienone is 1. The van der Waals surface area contributed by atoms with Gasteiger partial charge < -0.3 is 4.74 Å². The highest BCUT2D eigenvalue weighted by atomic mass is 16.6. The molecule has 4 atom stereocenters. The summed E-state index contributed by atoms with van der Waals surface area (Å²) >= 11 is 0. The summed E-state index contributed by atoms with van der Waals surface area (Å²) in [6.45, 7) is 18.2. The second-order valence-electron chi connectivity index (χ2n) is 9.10. The number of ketones is 1. The quantitative estimate of drug-likeness (QED) is 0.504. The van der Waals surface area contributed by atoms with Gasteiger partial charge in [0.1, 0.15) is 11.4 Å². The monoisotopic (exact) mass is 346 g/mol. The van der Waals surface area contributed by atoms with Gasteiger partial charge in [0.2, 0.25) is 0 Å². The number of rotatable bonds is 5. The maximum atomic E-state index is 12.5. The van der Waals surface area contributed by atoms with Crippen LogP contribution in [-0.2, 0) is 14.3 Å². The summed E-state index contributed by atoms with van der Waals surface area (Å²) in [6.07, 6.45) is 7.00. The van der Waals surface area contributed by atoms with Crippen molar-refractivity contribution in [1.82, 2.24) is 0 Å². The van der Waals surface area contributed by atoms with Gasteiger partial charge >= 0.3 is 5.97 Å². The van der Waals surface area contributed by atoms with Crippen LogP contribution in [0, 0.1) is 22.7 Å². The topological polar surface area (TPSA) is 43.4 Å². The van der Waals surface area contributed by atoms with E-state index in [0.29, 0.717) is 24.0 Å². The molecule has 0 aromatic carbocycles. The Balaban J connectivity index is 2.24. The van der Waals surface area contributed by atoms with Crippen molar-refractivity contribution in [3.8, 4) is 0 Å². The first-order chi connectivity index (χ1) is 11.5. The summed E-state index contributed by atoms with van der Waals surface area (Å²) < 4.78 is 5.50. The maximum Gasteiger partial charge on any atom is 0.303 e. The molecular formula is C22H34O3. The zero-order chi connectivity index (χ0) is 19.0. The van der Waals surface area contributed by atoms with Crippen molar-refractivity contribution < 1.29 is 14.3 Å². The highest BCUT2D eigenvalue weighted by Gasteiger charge is 2.56. The van der Waals surface area contributed by atoms with Gasteiger partial charge in [-0.2, -0.15) is 0 Å². The summed E-state index contributed by atoms with van der Waals surface area (Å²) in [6, 6.07) is 0. The second-order valence-corrected chi connectivity index (χ2v) is 9.10. The Morgan fingerprint density at radius 2 is 2.00 bits per heavy atom. The van der Waals surface area contributed by atoms with E-state index >= 15 is 0 Å². The smallest absolute Gasteiger partial charge is 0.303 e. The lowest BCUT2D eigenvalue weighted by atomic mass is 9.46. The minimum atomic E-state index is -0.643. The van der Waals surface area contributed by atoms with E-state index in [4.69, 9.17) is 4.74 Å². The lowest BCUT2D eigenvalue weighted by Gasteiger charge is -2.57. The highest BCUT2D eigenvalue weighted by molar-refractivity contribution is 5.85. The molecule has 2 fully saturated rings. The molecule has 0 spiro atoms. The Hall–Kier alpha value is -1.38. The van der Waals surface area contributed by atoms with E-state index < -0.39 is 5.60 Å². The van der Waals surface area contributed by atoms with Crippen molar-refractivity contribution >= 4 is 11.8 Å². The molecule has 0 aromatic heterocycles. The van der Waals surface area contributed by atoms with Crippen molar-refractivity contribution in [2.75, 3.05) is 0 Å². The molecule has 140 valence electrons. The molecule has 3 heteroatoms. The van der Waals surface area contributed by atoms with E-state index in [0.717, 1.165) is 32.1 Å². The fourth-order valence-electron chi connectivity index (χ4n) is 5.46. The van der Waals surface area contributed by atoms with Crippen LogP contribution >= 0.6 is 0 Å². The summed E-state index contributed by atoms with van der Waals surface area (Å²) in [5, 5.41) is 0. The molecule has 0 bridgehead atoms. The fraction of sp³-hybridized carbons (Fsp3) is 0.727. The molecule has 0 aliphatic heterocycles. The summed E-state index contributed by atoms with van der Waals surface area (Å²) in [7, 11) is 0. The third kappa shape index (κ3) is 3.61. The fourth-order valence-corrected chi connectivity index (χ4v) is 5.46. The third-order valence-electron chi connectivity index (χ3n) is 7.06. The normalized spacial score (nSPS) is 34.0. The second kappa shape index (κ2) is 6.74. The van der Waals surface area contributed by atoms with E-state index in [9.17, 15) is 9.59 Å². The SMILES string of the molecule is C=C[C@@](C)(CC[C@H]1C(=C)CC[C@H]2C(C)(C)C(=O)CC[C@]12C)OC(C)=O. The number of esters is 1. The highest BCUT2D eigenvalue weighted by Crippen LogP contribution is 2.60. The number of fused-ring (bicyclic) bond motifs is 1. The van der Waals surface area contributed by atoms with E-state index in [1.165, 1.54) is 12.5 Å². The molecule has 2 aliphatic carbocycles. The molecule has 0 N–H and O–H groups in total. The van der Waals surface area contributed by atoms with Crippen molar-refractivity contribution in [3.05, 3.63) is 24.8 Å². The van der Waals surface area contributed by atoms with Crippen LogP contribution in [0.25, 0.3) is 0 Å². The Bertz CT molecular complexity index is 588. The Morgan fingerprint density at radius 3 is 2.56 bits per heavy atom. The van der Waals surface area contributed by atoms with E-state index in [2.05, 4.69) is 33.9 Å². The zero-order valence-corrected chi connectivity index (χ0v) is 16.6. The number of carbonyl (C=O) groups is 2. The van der Waals surface area contributed by atoms with Gasteiger partial charge in [-0.3, -0.25) is 9.59 Å². The first-order valence-corrected chi connectivity index (χ1v) is 9.50. The maximum absolute atomic E-state index is 12.5. The van der Waals surface area contributed by atoms with Crippen molar-refractivity contribution in [2.45, 2.75) is 78.7 Å². The minimum Gasteiger partial charge on any atom is -0.455 e. The van der Waals surface area contributed by atoms with Gasteiger partial charge in [-0.1, -0.05) is 39.5 Å². The molecule has 0 unspecified atom stereocenters. The molecule has 0 amide bonds. The number of hydrogen-bond donors (Lipinski definition) is 0. The van der Waals surface area contributed by atoms with Gasteiger partial charge in [-0.15, -0.1) is 0 Å². The van der Waals surface area contributed by atoms with Crippen molar-refractivity contribution in [1.29, 1.82) is 0 Å². The average Bonchev–Trinajstić information content (AvgIpc) is 2.50. The predicted molar refractivity (Wildman–Crippen MR) is 101 cm³/mol. The first kappa shape index (κ1) is 19.9. The largest absolute Gasteiger partial charge is 0.455 e. The van der Waals surface area contributed by atoms with Crippen LogP contribution in [0.4, 0.5) is 0 Å². The van der Waals surface area contributed by atoms with Gasteiger partial charge in [0.15, 0.2) is 0 Å². The predicted octanol–water partition coefficient (Wildman–Crippen LogP) is 5.25. The van der Waals surface area contributed by atoms with Gasteiger partial charge in [0.05, 0.1) is 0 Å². The van der Waals surface area contributed by atoms with E-state index in [1.807, 2.05) is 6.92 Å². The van der Waals surface area contributed by atoms with Crippen LogP contribution in [-0.4, -0.2) is 17.4 Å². The van der Waals surface area contributed by atoms with Crippen LogP contribution in [0.5, 0.6) is 0 Å². The first-order valence-electron chi connectivity index (χ1n) is 9.50. The average molecular weight is 347 g/mol.